The van der Waals surface area contributed by atoms with E-state index in [-0.39, 0.29) is 11.6 Å². The molecular formula is C11H21N5O. The molecule has 1 unspecified atom stereocenters. The molecule has 6 heteroatoms. The molecule has 0 aliphatic heterocycles. The molecule has 1 aliphatic rings. The number of nitrogens with one attached hydrogen (secondary N) is 1. The van der Waals surface area contributed by atoms with E-state index in [0.717, 1.165) is 25.1 Å². The van der Waals surface area contributed by atoms with Crippen molar-refractivity contribution < 1.29 is 4.74 Å². The van der Waals surface area contributed by atoms with Gasteiger partial charge >= 0.3 is 0 Å². The number of aryl methyl sites for hydroxylation is 1. The van der Waals surface area contributed by atoms with Crippen molar-refractivity contribution in [1.82, 2.24) is 25.5 Å². The topological polar surface area (TPSA) is 64.9 Å². The van der Waals surface area contributed by atoms with Gasteiger partial charge in [-0.3, -0.25) is 0 Å². The fourth-order valence-electron chi connectivity index (χ4n) is 2.81. The number of methoxy groups -OCH3 is 1. The maximum Gasteiger partial charge on any atom is 0.176 e. The summed E-state index contributed by atoms with van der Waals surface area (Å²) in [4.78, 5) is 1.50. The van der Waals surface area contributed by atoms with Crippen LogP contribution < -0.4 is 5.32 Å². The Morgan fingerprint density at radius 2 is 2.18 bits per heavy atom. The highest BCUT2D eigenvalue weighted by atomic mass is 16.5. The summed E-state index contributed by atoms with van der Waals surface area (Å²) in [5.41, 5.74) is -0.0616. The first kappa shape index (κ1) is 12.4. The molecule has 1 aliphatic carbocycles. The minimum absolute atomic E-state index is 0.0616. The zero-order chi connectivity index (χ0) is 12.3. The second-order valence-electron chi connectivity index (χ2n) is 4.72. The van der Waals surface area contributed by atoms with Crippen LogP contribution in [0.2, 0.25) is 0 Å². The van der Waals surface area contributed by atoms with Crippen LogP contribution in [0.5, 0.6) is 0 Å². The summed E-state index contributed by atoms with van der Waals surface area (Å²) in [6.07, 6.45) is 5.45. The summed E-state index contributed by atoms with van der Waals surface area (Å²) in [6, 6.07) is 0.249. The van der Waals surface area contributed by atoms with Crippen LogP contribution in [0.3, 0.4) is 0 Å². The Labute approximate surface area is 102 Å². The quantitative estimate of drug-likeness (QED) is 0.800. The van der Waals surface area contributed by atoms with Crippen LogP contribution in [0.15, 0.2) is 0 Å². The van der Waals surface area contributed by atoms with E-state index in [1.165, 1.54) is 17.6 Å². The van der Waals surface area contributed by atoms with Crippen LogP contribution in [-0.4, -0.2) is 46.0 Å². The highest BCUT2D eigenvalue weighted by Crippen LogP contribution is 2.36. The third-order valence-corrected chi connectivity index (χ3v) is 3.78. The molecule has 0 aromatic carbocycles. The standard InChI is InChI=1S/C11H21N5O/c1-12-9(8-10-13-15-16(2)14-10)11(17-3)6-4-5-7-11/h9,12H,4-8H2,1-3H3. The van der Waals surface area contributed by atoms with Gasteiger partial charge in [0.25, 0.3) is 0 Å². The number of nitrogens with zero attached hydrogens (tertiary/aromatic N) is 4. The molecular weight excluding hydrogens is 218 g/mol. The number of likely N-dealkylation sites (N-methyl/N-ethyl adjacent to an activating group) is 1. The van der Waals surface area contributed by atoms with Crippen molar-refractivity contribution >= 4 is 0 Å². The van der Waals surface area contributed by atoms with Gasteiger partial charge in [0, 0.05) is 19.6 Å². The van der Waals surface area contributed by atoms with Gasteiger partial charge in [-0.1, -0.05) is 12.8 Å². The Bertz CT molecular complexity index is 358. The van der Waals surface area contributed by atoms with E-state index >= 15 is 0 Å². The highest BCUT2D eigenvalue weighted by Gasteiger charge is 2.41. The molecule has 0 amide bonds. The average molecular weight is 239 g/mol. The van der Waals surface area contributed by atoms with E-state index in [4.69, 9.17) is 4.74 Å². The van der Waals surface area contributed by atoms with Crippen LogP contribution in [0.1, 0.15) is 31.5 Å². The molecule has 17 heavy (non-hydrogen) atoms. The van der Waals surface area contributed by atoms with Crippen LogP contribution in [0.25, 0.3) is 0 Å². The summed E-state index contributed by atoms with van der Waals surface area (Å²) in [5.74, 6) is 0.773. The fraction of sp³-hybridized carbons (Fsp3) is 0.909. The second kappa shape index (κ2) is 5.10. The van der Waals surface area contributed by atoms with Crippen molar-refractivity contribution in [2.45, 2.75) is 43.7 Å². The molecule has 1 aromatic heterocycles. The summed E-state index contributed by atoms with van der Waals surface area (Å²) in [5, 5.41) is 15.5. The van der Waals surface area contributed by atoms with Crippen molar-refractivity contribution in [3.8, 4) is 0 Å². The number of tetrazole rings is 1. The van der Waals surface area contributed by atoms with Crippen LogP contribution >= 0.6 is 0 Å². The Morgan fingerprint density at radius 3 is 2.65 bits per heavy atom. The summed E-state index contributed by atoms with van der Waals surface area (Å²) >= 11 is 0. The Hall–Kier alpha value is -1.01. The van der Waals surface area contributed by atoms with Crippen molar-refractivity contribution in [3.63, 3.8) is 0 Å². The molecule has 1 saturated carbocycles. The van der Waals surface area contributed by atoms with Gasteiger partial charge in [-0.15, -0.1) is 10.2 Å². The fourth-order valence-corrected chi connectivity index (χ4v) is 2.81. The number of hydrogen-bond acceptors (Lipinski definition) is 5. The first-order chi connectivity index (χ1) is 8.20. The van der Waals surface area contributed by atoms with Crippen LogP contribution in [0, 0.1) is 0 Å². The number of ether oxygens (including phenoxy) is 1. The maximum atomic E-state index is 5.79. The normalized spacial score (nSPS) is 20.6. The minimum atomic E-state index is -0.0616. The molecule has 96 valence electrons. The third-order valence-electron chi connectivity index (χ3n) is 3.78. The van der Waals surface area contributed by atoms with Crippen molar-refractivity contribution in [3.05, 3.63) is 5.82 Å². The van der Waals surface area contributed by atoms with Gasteiger partial charge in [0.2, 0.25) is 0 Å². The van der Waals surface area contributed by atoms with E-state index in [9.17, 15) is 0 Å². The molecule has 1 aromatic rings. The monoisotopic (exact) mass is 239 g/mol. The summed E-state index contributed by atoms with van der Waals surface area (Å²) in [7, 11) is 5.56. The van der Waals surface area contributed by atoms with Crippen LogP contribution in [-0.2, 0) is 18.2 Å². The van der Waals surface area contributed by atoms with E-state index in [1.807, 2.05) is 7.05 Å². The van der Waals surface area contributed by atoms with Gasteiger partial charge in [0.1, 0.15) is 0 Å². The molecule has 0 saturated heterocycles. The lowest BCUT2D eigenvalue weighted by atomic mass is 9.89. The molecule has 1 N–H and O–H groups in total. The van der Waals surface area contributed by atoms with Crippen LogP contribution in [0.4, 0.5) is 0 Å². The second-order valence-corrected chi connectivity index (χ2v) is 4.72. The smallest absolute Gasteiger partial charge is 0.176 e. The zero-order valence-corrected chi connectivity index (χ0v) is 10.8. The predicted octanol–water partition coefficient (Wildman–Crippen LogP) is 0.300. The third kappa shape index (κ3) is 2.47. The maximum absolute atomic E-state index is 5.79. The lowest BCUT2D eigenvalue weighted by molar-refractivity contribution is -0.0341. The number of aromatic nitrogens is 4. The largest absolute Gasteiger partial charge is 0.377 e. The predicted molar refractivity (Wildman–Crippen MR) is 63.6 cm³/mol. The molecule has 0 spiro atoms. The molecule has 2 rings (SSSR count). The summed E-state index contributed by atoms with van der Waals surface area (Å²) in [6.45, 7) is 0. The molecule has 0 radical (unpaired) electrons. The average Bonchev–Trinajstić information content (AvgIpc) is 2.95. The molecule has 0 bridgehead atoms. The van der Waals surface area contributed by atoms with Crippen molar-refractivity contribution in [2.75, 3.05) is 14.2 Å². The first-order valence-electron chi connectivity index (χ1n) is 6.15. The van der Waals surface area contributed by atoms with Gasteiger partial charge in [0.05, 0.1) is 12.6 Å². The van der Waals surface area contributed by atoms with E-state index in [1.54, 1.807) is 14.2 Å². The van der Waals surface area contributed by atoms with Gasteiger partial charge in [-0.25, -0.2) is 0 Å². The zero-order valence-electron chi connectivity index (χ0n) is 10.8. The van der Waals surface area contributed by atoms with Gasteiger partial charge in [-0.2, -0.15) is 4.80 Å². The number of hydrogen-bond donors (Lipinski definition) is 1. The van der Waals surface area contributed by atoms with Crippen molar-refractivity contribution in [1.29, 1.82) is 0 Å². The lowest BCUT2D eigenvalue weighted by Crippen LogP contribution is -2.50. The van der Waals surface area contributed by atoms with Crippen molar-refractivity contribution in [2.24, 2.45) is 7.05 Å². The Morgan fingerprint density at radius 1 is 1.47 bits per heavy atom. The molecule has 6 nitrogen and oxygen atoms in total. The SMILES string of the molecule is CNC(Cc1nnn(C)n1)C1(OC)CCCC1. The van der Waals surface area contributed by atoms with Gasteiger partial charge < -0.3 is 10.1 Å². The Kier molecular flexibility index (Phi) is 3.73. The van der Waals surface area contributed by atoms with E-state index < -0.39 is 0 Å². The van der Waals surface area contributed by atoms with Gasteiger partial charge in [-0.05, 0) is 25.1 Å². The highest BCUT2D eigenvalue weighted by molar-refractivity contribution is 5.00. The number of rotatable bonds is 5. The molecule has 1 atom stereocenters. The molecule has 1 heterocycles. The molecule has 1 fully saturated rings. The minimum Gasteiger partial charge on any atom is -0.377 e. The first-order valence-corrected chi connectivity index (χ1v) is 6.15. The van der Waals surface area contributed by atoms with Gasteiger partial charge in [0.15, 0.2) is 5.82 Å². The van der Waals surface area contributed by atoms with E-state index in [0.29, 0.717) is 0 Å². The lowest BCUT2D eigenvalue weighted by Gasteiger charge is -2.35. The summed E-state index contributed by atoms with van der Waals surface area (Å²) < 4.78 is 5.79. The van der Waals surface area contributed by atoms with E-state index in [2.05, 4.69) is 20.7 Å². The Balaban J connectivity index is 2.10.